The predicted octanol–water partition coefficient (Wildman–Crippen LogP) is 3.80. The highest BCUT2D eigenvalue weighted by Crippen LogP contribution is 2.32. The van der Waals surface area contributed by atoms with E-state index in [1.54, 1.807) is 6.07 Å². The van der Waals surface area contributed by atoms with Crippen molar-refractivity contribution in [3.05, 3.63) is 35.4 Å². The molecule has 0 radical (unpaired) electrons. The number of piperidine rings is 1. The smallest absolute Gasteiger partial charge is 0.350 e. The molecule has 1 aliphatic rings. The van der Waals surface area contributed by atoms with Crippen LogP contribution in [-0.2, 0) is 11.0 Å². The quantitative estimate of drug-likeness (QED) is 0.722. The highest BCUT2D eigenvalue weighted by molar-refractivity contribution is 5.85. The van der Waals surface area contributed by atoms with Gasteiger partial charge in [0.2, 0.25) is 5.91 Å². The van der Waals surface area contributed by atoms with Crippen LogP contribution < -0.4 is 10.6 Å². The molecule has 1 unspecified atom stereocenters. The van der Waals surface area contributed by atoms with Gasteiger partial charge in [-0.3, -0.25) is 9.69 Å². The minimum atomic E-state index is -4.42. The lowest BCUT2D eigenvalue weighted by Crippen LogP contribution is -2.49. The Balaban J connectivity index is 0.00000338. The first-order valence-corrected chi connectivity index (χ1v) is 8.79. The molecule has 0 bridgehead atoms. The number of carbonyl (C=O) groups is 1. The molecule has 1 heterocycles. The molecule has 1 saturated heterocycles. The van der Waals surface area contributed by atoms with Gasteiger partial charge in [-0.2, -0.15) is 13.2 Å². The molecular formula is C18H28Cl2F3N3O. The Hall–Kier alpha value is -1.02. The van der Waals surface area contributed by atoms with Crippen LogP contribution in [0, 0.1) is 0 Å². The molecule has 2 atom stereocenters. The first-order chi connectivity index (χ1) is 11.9. The number of benzene rings is 1. The van der Waals surface area contributed by atoms with Crippen molar-refractivity contribution in [2.45, 2.75) is 44.9 Å². The number of nitrogens with one attached hydrogen (secondary N) is 2. The maximum atomic E-state index is 13.0. The maximum absolute atomic E-state index is 13.0. The molecule has 0 aromatic heterocycles. The molecule has 2 rings (SSSR count). The number of carbonyl (C=O) groups excluding carboxylic acids is 1. The van der Waals surface area contributed by atoms with Crippen molar-refractivity contribution in [1.29, 1.82) is 0 Å². The Kier molecular flexibility index (Phi) is 11.3. The van der Waals surface area contributed by atoms with Gasteiger partial charge in [0.05, 0.1) is 5.56 Å². The zero-order valence-electron chi connectivity index (χ0n) is 15.5. The number of halogens is 5. The van der Waals surface area contributed by atoms with E-state index in [1.165, 1.54) is 6.07 Å². The van der Waals surface area contributed by atoms with E-state index in [0.29, 0.717) is 25.2 Å². The Labute approximate surface area is 171 Å². The van der Waals surface area contributed by atoms with E-state index in [0.717, 1.165) is 31.5 Å². The fourth-order valence-electron chi connectivity index (χ4n) is 3.26. The largest absolute Gasteiger partial charge is 0.416 e. The number of nitrogens with zero attached hydrogens (tertiary/aromatic N) is 1. The Morgan fingerprint density at radius 3 is 2.48 bits per heavy atom. The van der Waals surface area contributed by atoms with Gasteiger partial charge in [0.1, 0.15) is 6.04 Å². The summed E-state index contributed by atoms with van der Waals surface area (Å²) in [6.45, 7) is 6.58. The lowest BCUT2D eigenvalue weighted by Gasteiger charge is -2.32. The van der Waals surface area contributed by atoms with Crippen molar-refractivity contribution in [1.82, 2.24) is 15.5 Å². The number of hydrogen-bond acceptors (Lipinski definition) is 3. The minimum absolute atomic E-state index is 0. The number of alkyl halides is 3. The lowest BCUT2D eigenvalue weighted by atomic mass is 10.00. The van der Waals surface area contributed by atoms with Crippen molar-refractivity contribution >= 4 is 30.7 Å². The van der Waals surface area contributed by atoms with Crippen LogP contribution in [0.5, 0.6) is 0 Å². The van der Waals surface area contributed by atoms with Crippen molar-refractivity contribution in [3.63, 3.8) is 0 Å². The average Bonchev–Trinajstić information content (AvgIpc) is 2.59. The highest BCUT2D eigenvalue weighted by Gasteiger charge is 2.33. The average molecular weight is 430 g/mol. The minimum Gasteiger partial charge on any atom is -0.350 e. The maximum Gasteiger partial charge on any atom is 0.416 e. The van der Waals surface area contributed by atoms with Crippen LogP contribution in [0.2, 0.25) is 0 Å². The Bertz CT molecular complexity index is 577. The zero-order valence-corrected chi connectivity index (χ0v) is 17.1. The second-order valence-corrected chi connectivity index (χ2v) is 6.30. The number of amides is 1. The molecule has 1 fully saturated rings. The zero-order chi connectivity index (χ0) is 18.4. The van der Waals surface area contributed by atoms with Gasteiger partial charge in [-0.15, -0.1) is 24.8 Å². The van der Waals surface area contributed by atoms with Crippen molar-refractivity contribution in [3.8, 4) is 0 Å². The monoisotopic (exact) mass is 429 g/mol. The topological polar surface area (TPSA) is 44.4 Å². The normalized spacial score (nSPS) is 18.2. The standard InChI is InChI=1S/C18H26F3N3O.2ClH/c1-3-24(4-2)16(17(25)23-15-9-6-10-22-12-15)13-7-5-8-14(11-13)18(19,20)21;;/h5,7-8,11,15-16,22H,3-4,6,9-10,12H2,1-2H3,(H,23,25);2*1H/t15-,16?;;/m0../s1. The van der Waals surface area contributed by atoms with E-state index in [9.17, 15) is 18.0 Å². The van der Waals surface area contributed by atoms with Gasteiger partial charge in [-0.1, -0.05) is 26.0 Å². The summed E-state index contributed by atoms with van der Waals surface area (Å²) >= 11 is 0. The summed E-state index contributed by atoms with van der Waals surface area (Å²) in [6, 6.07) is 4.37. The van der Waals surface area contributed by atoms with E-state index >= 15 is 0 Å². The third-order valence-corrected chi connectivity index (χ3v) is 4.60. The first kappa shape index (κ1) is 26.0. The van der Waals surface area contributed by atoms with Gasteiger partial charge in [-0.05, 0) is 50.2 Å². The van der Waals surface area contributed by atoms with Crippen molar-refractivity contribution < 1.29 is 18.0 Å². The number of hydrogen-bond donors (Lipinski definition) is 2. The van der Waals surface area contributed by atoms with Crippen molar-refractivity contribution in [2.75, 3.05) is 26.2 Å². The molecule has 27 heavy (non-hydrogen) atoms. The van der Waals surface area contributed by atoms with Crippen LogP contribution in [0.4, 0.5) is 13.2 Å². The summed E-state index contributed by atoms with van der Waals surface area (Å²) in [4.78, 5) is 14.7. The molecule has 4 nitrogen and oxygen atoms in total. The van der Waals surface area contributed by atoms with Gasteiger partial charge in [0.25, 0.3) is 0 Å². The summed E-state index contributed by atoms with van der Waals surface area (Å²) in [7, 11) is 0. The fraction of sp³-hybridized carbons (Fsp3) is 0.611. The molecular weight excluding hydrogens is 402 g/mol. The van der Waals surface area contributed by atoms with Gasteiger partial charge in [0, 0.05) is 12.6 Å². The van der Waals surface area contributed by atoms with Crippen LogP contribution in [0.1, 0.15) is 43.9 Å². The molecule has 1 aliphatic heterocycles. The molecule has 1 amide bonds. The van der Waals surface area contributed by atoms with Crippen LogP contribution in [0.3, 0.4) is 0 Å². The SMILES string of the molecule is CCN(CC)C(C(=O)N[C@H]1CCCNC1)c1cccc(C(F)(F)F)c1.Cl.Cl. The van der Waals surface area contributed by atoms with Crippen LogP contribution >= 0.6 is 24.8 Å². The van der Waals surface area contributed by atoms with Crippen molar-refractivity contribution in [2.24, 2.45) is 0 Å². The van der Waals surface area contributed by atoms with E-state index in [1.807, 2.05) is 18.7 Å². The molecule has 156 valence electrons. The molecule has 0 saturated carbocycles. The van der Waals surface area contributed by atoms with E-state index in [2.05, 4.69) is 10.6 Å². The van der Waals surface area contributed by atoms with Gasteiger partial charge in [-0.25, -0.2) is 0 Å². The summed E-state index contributed by atoms with van der Waals surface area (Å²) in [5, 5.41) is 6.23. The van der Waals surface area contributed by atoms with Crippen LogP contribution in [-0.4, -0.2) is 43.0 Å². The van der Waals surface area contributed by atoms with Crippen LogP contribution in [0.15, 0.2) is 24.3 Å². The summed E-state index contributed by atoms with van der Waals surface area (Å²) in [6.07, 6.45) is -2.57. The molecule has 9 heteroatoms. The molecule has 1 aromatic rings. The predicted molar refractivity (Wildman–Crippen MR) is 106 cm³/mol. The van der Waals surface area contributed by atoms with Crippen LogP contribution in [0.25, 0.3) is 0 Å². The van der Waals surface area contributed by atoms with E-state index < -0.39 is 17.8 Å². The third kappa shape index (κ3) is 7.14. The molecule has 2 N–H and O–H groups in total. The summed E-state index contributed by atoms with van der Waals surface area (Å²) in [5.74, 6) is -0.239. The third-order valence-electron chi connectivity index (χ3n) is 4.60. The highest BCUT2D eigenvalue weighted by atomic mass is 35.5. The lowest BCUT2D eigenvalue weighted by molar-refractivity contribution is -0.138. The Morgan fingerprint density at radius 2 is 1.96 bits per heavy atom. The molecule has 1 aromatic carbocycles. The second kappa shape index (κ2) is 11.7. The fourth-order valence-corrected chi connectivity index (χ4v) is 3.26. The second-order valence-electron chi connectivity index (χ2n) is 6.30. The molecule has 0 spiro atoms. The van der Waals surface area contributed by atoms with E-state index in [-0.39, 0.29) is 36.8 Å². The Morgan fingerprint density at radius 1 is 1.30 bits per heavy atom. The number of likely N-dealkylation sites (N-methyl/N-ethyl adjacent to an activating group) is 1. The van der Waals surface area contributed by atoms with E-state index in [4.69, 9.17) is 0 Å². The summed E-state index contributed by atoms with van der Waals surface area (Å²) < 4.78 is 39.1. The van der Waals surface area contributed by atoms with Gasteiger partial charge in [0.15, 0.2) is 0 Å². The number of rotatable bonds is 6. The molecule has 0 aliphatic carbocycles. The first-order valence-electron chi connectivity index (χ1n) is 8.79. The van der Waals surface area contributed by atoms with Gasteiger partial charge >= 0.3 is 6.18 Å². The van der Waals surface area contributed by atoms with Gasteiger partial charge < -0.3 is 10.6 Å². The summed E-state index contributed by atoms with van der Waals surface area (Å²) in [5.41, 5.74) is -0.353.